The Kier molecular flexibility index (Phi) is 3.72. The van der Waals surface area contributed by atoms with E-state index in [9.17, 15) is 14.0 Å². The number of benzene rings is 1. The van der Waals surface area contributed by atoms with E-state index >= 15 is 0 Å². The van der Waals surface area contributed by atoms with E-state index in [1.165, 1.54) is 24.3 Å². The van der Waals surface area contributed by atoms with E-state index in [2.05, 4.69) is 5.32 Å². The fraction of sp³-hybridized carbons (Fsp3) is 0.385. The maximum atomic E-state index is 12.8. The SMILES string of the molecule is CC(C(=O)c1ccc(F)cc1)N1CCNC(=O)C1. The van der Waals surface area contributed by atoms with E-state index in [0.29, 0.717) is 18.7 Å². The van der Waals surface area contributed by atoms with Gasteiger partial charge in [-0.15, -0.1) is 0 Å². The number of halogens is 1. The molecule has 5 heteroatoms. The molecule has 1 atom stereocenters. The maximum absolute atomic E-state index is 12.8. The number of hydrogen-bond acceptors (Lipinski definition) is 3. The molecule has 4 nitrogen and oxygen atoms in total. The quantitative estimate of drug-likeness (QED) is 0.808. The number of Topliss-reactive ketones (excluding diaryl/α,β-unsaturated/α-hetero) is 1. The first-order valence-corrected chi connectivity index (χ1v) is 5.88. The number of hydrogen-bond donors (Lipinski definition) is 1. The van der Waals surface area contributed by atoms with Crippen LogP contribution >= 0.6 is 0 Å². The van der Waals surface area contributed by atoms with E-state index in [-0.39, 0.29) is 30.1 Å². The van der Waals surface area contributed by atoms with Gasteiger partial charge in [0.1, 0.15) is 5.82 Å². The van der Waals surface area contributed by atoms with E-state index in [1.807, 2.05) is 4.90 Å². The first kappa shape index (κ1) is 12.7. The van der Waals surface area contributed by atoms with E-state index in [1.54, 1.807) is 6.92 Å². The van der Waals surface area contributed by atoms with Gasteiger partial charge >= 0.3 is 0 Å². The number of carbonyl (C=O) groups is 2. The first-order valence-electron chi connectivity index (χ1n) is 5.88. The minimum atomic E-state index is -0.374. The van der Waals surface area contributed by atoms with Gasteiger partial charge in [-0.1, -0.05) is 0 Å². The van der Waals surface area contributed by atoms with Gasteiger partial charge in [-0.3, -0.25) is 14.5 Å². The molecule has 0 radical (unpaired) electrons. The number of amides is 1. The average molecular weight is 250 g/mol. The Balaban J connectivity index is 2.08. The molecular formula is C13H15FN2O2. The van der Waals surface area contributed by atoms with E-state index < -0.39 is 0 Å². The lowest BCUT2D eigenvalue weighted by molar-refractivity contribution is -0.124. The summed E-state index contributed by atoms with van der Waals surface area (Å²) in [5, 5.41) is 2.71. The van der Waals surface area contributed by atoms with Crippen LogP contribution in [0.2, 0.25) is 0 Å². The molecule has 18 heavy (non-hydrogen) atoms. The van der Waals surface area contributed by atoms with Crippen molar-refractivity contribution in [3.63, 3.8) is 0 Å². The summed E-state index contributed by atoms with van der Waals surface area (Å²) in [5.41, 5.74) is 0.467. The lowest BCUT2D eigenvalue weighted by Gasteiger charge is -2.31. The van der Waals surface area contributed by atoms with Crippen LogP contribution in [0, 0.1) is 5.82 Å². The highest BCUT2D eigenvalue weighted by molar-refractivity contribution is 6.00. The summed E-state index contributed by atoms with van der Waals surface area (Å²) < 4.78 is 12.8. The summed E-state index contributed by atoms with van der Waals surface area (Å²) in [5.74, 6) is -0.527. The van der Waals surface area contributed by atoms with Crippen molar-refractivity contribution in [2.45, 2.75) is 13.0 Å². The molecular weight excluding hydrogens is 235 g/mol. The number of carbonyl (C=O) groups excluding carboxylic acids is 2. The van der Waals surface area contributed by atoms with Crippen molar-refractivity contribution in [2.24, 2.45) is 0 Å². The van der Waals surface area contributed by atoms with Crippen LogP contribution in [-0.4, -0.2) is 42.3 Å². The molecule has 2 rings (SSSR count). The molecule has 0 aliphatic carbocycles. The molecule has 1 heterocycles. The van der Waals surface area contributed by atoms with Crippen LogP contribution in [0.25, 0.3) is 0 Å². The van der Waals surface area contributed by atoms with Gasteiger partial charge in [0.2, 0.25) is 5.91 Å². The molecule has 1 N–H and O–H groups in total. The Morgan fingerprint density at radius 3 is 2.67 bits per heavy atom. The Bertz CT molecular complexity index is 459. The Labute approximate surface area is 105 Å². The first-order chi connectivity index (χ1) is 8.58. The summed E-state index contributed by atoms with van der Waals surface area (Å²) >= 11 is 0. The summed E-state index contributed by atoms with van der Waals surface area (Å²) in [6.45, 7) is 3.21. The Morgan fingerprint density at radius 1 is 1.39 bits per heavy atom. The van der Waals surface area contributed by atoms with Crippen molar-refractivity contribution >= 4 is 11.7 Å². The van der Waals surface area contributed by atoms with Crippen molar-refractivity contribution in [1.29, 1.82) is 0 Å². The number of ketones is 1. The van der Waals surface area contributed by atoms with Gasteiger partial charge in [-0.05, 0) is 31.2 Å². The van der Waals surface area contributed by atoms with Gasteiger partial charge in [-0.2, -0.15) is 0 Å². The highest BCUT2D eigenvalue weighted by Gasteiger charge is 2.26. The van der Waals surface area contributed by atoms with Gasteiger partial charge in [0.15, 0.2) is 5.78 Å². The number of rotatable bonds is 3. The summed E-state index contributed by atoms with van der Waals surface area (Å²) in [4.78, 5) is 25.3. The molecule has 1 amide bonds. The Hall–Kier alpha value is -1.75. The van der Waals surface area contributed by atoms with Crippen LogP contribution in [-0.2, 0) is 4.79 Å². The lowest BCUT2D eigenvalue weighted by atomic mass is 10.0. The second-order valence-corrected chi connectivity index (χ2v) is 4.37. The molecule has 1 aliphatic heterocycles. The lowest BCUT2D eigenvalue weighted by Crippen LogP contribution is -2.52. The second-order valence-electron chi connectivity index (χ2n) is 4.37. The van der Waals surface area contributed by atoms with E-state index in [0.717, 1.165) is 0 Å². The highest BCUT2D eigenvalue weighted by Crippen LogP contribution is 2.11. The fourth-order valence-corrected chi connectivity index (χ4v) is 2.01. The topological polar surface area (TPSA) is 49.4 Å². The predicted molar refractivity (Wildman–Crippen MR) is 64.8 cm³/mol. The molecule has 0 saturated carbocycles. The zero-order valence-electron chi connectivity index (χ0n) is 10.1. The van der Waals surface area contributed by atoms with Gasteiger partial charge in [0.05, 0.1) is 12.6 Å². The molecule has 0 spiro atoms. The molecule has 1 fully saturated rings. The van der Waals surface area contributed by atoms with Crippen LogP contribution < -0.4 is 5.32 Å². The van der Waals surface area contributed by atoms with E-state index in [4.69, 9.17) is 0 Å². The van der Waals surface area contributed by atoms with Crippen LogP contribution in [0.5, 0.6) is 0 Å². The van der Waals surface area contributed by atoms with Gasteiger partial charge < -0.3 is 5.32 Å². The maximum Gasteiger partial charge on any atom is 0.234 e. The van der Waals surface area contributed by atoms with Crippen molar-refractivity contribution in [2.75, 3.05) is 19.6 Å². The molecule has 0 bridgehead atoms. The summed E-state index contributed by atoms with van der Waals surface area (Å²) in [6, 6.07) is 5.10. The van der Waals surface area contributed by atoms with Gasteiger partial charge in [0.25, 0.3) is 0 Å². The average Bonchev–Trinajstić information content (AvgIpc) is 2.38. The third-order valence-corrected chi connectivity index (χ3v) is 3.12. The largest absolute Gasteiger partial charge is 0.354 e. The van der Waals surface area contributed by atoms with Crippen molar-refractivity contribution in [1.82, 2.24) is 10.2 Å². The number of nitrogens with one attached hydrogen (secondary N) is 1. The third-order valence-electron chi connectivity index (χ3n) is 3.12. The minimum absolute atomic E-state index is 0.0694. The van der Waals surface area contributed by atoms with Crippen LogP contribution in [0.15, 0.2) is 24.3 Å². The zero-order chi connectivity index (χ0) is 13.1. The van der Waals surface area contributed by atoms with Crippen LogP contribution in [0.4, 0.5) is 4.39 Å². The fourth-order valence-electron chi connectivity index (χ4n) is 2.01. The van der Waals surface area contributed by atoms with Crippen LogP contribution in [0.3, 0.4) is 0 Å². The number of piperazine rings is 1. The molecule has 1 unspecified atom stereocenters. The number of nitrogens with zero attached hydrogens (tertiary/aromatic N) is 1. The predicted octanol–water partition coefficient (Wildman–Crippen LogP) is 0.829. The molecule has 1 saturated heterocycles. The third kappa shape index (κ3) is 2.73. The molecule has 96 valence electrons. The molecule has 1 aromatic rings. The summed E-state index contributed by atoms with van der Waals surface area (Å²) in [7, 11) is 0. The minimum Gasteiger partial charge on any atom is -0.354 e. The van der Waals surface area contributed by atoms with Crippen molar-refractivity contribution < 1.29 is 14.0 Å². The summed E-state index contributed by atoms with van der Waals surface area (Å²) in [6.07, 6.45) is 0. The molecule has 1 aliphatic rings. The normalized spacial score (nSPS) is 18.2. The standard InChI is InChI=1S/C13H15FN2O2/c1-9(16-7-6-15-12(17)8-16)13(18)10-2-4-11(14)5-3-10/h2-5,9H,6-8H2,1H3,(H,15,17). The Morgan fingerprint density at radius 2 is 2.06 bits per heavy atom. The van der Waals surface area contributed by atoms with Crippen molar-refractivity contribution in [3.8, 4) is 0 Å². The van der Waals surface area contributed by atoms with Crippen LogP contribution in [0.1, 0.15) is 17.3 Å². The highest BCUT2D eigenvalue weighted by atomic mass is 19.1. The second kappa shape index (κ2) is 5.27. The van der Waals surface area contributed by atoms with Crippen molar-refractivity contribution in [3.05, 3.63) is 35.6 Å². The van der Waals surface area contributed by atoms with Gasteiger partial charge in [0, 0.05) is 18.7 Å². The van der Waals surface area contributed by atoms with Gasteiger partial charge in [-0.25, -0.2) is 4.39 Å². The zero-order valence-corrected chi connectivity index (χ0v) is 10.1. The smallest absolute Gasteiger partial charge is 0.234 e. The molecule has 1 aromatic carbocycles. The molecule has 0 aromatic heterocycles. The monoisotopic (exact) mass is 250 g/mol.